The number of hydrogen-bond donors (Lipinski definition) is 2. The van der Waals surface area contributed by atoms with Crippen LogP contribution in [0.2, 0.25) is 5.02 Å². The van der Waals surface area contributed by atoms with Gasteiger partial charge in [-0.25, -0.2) is 0 Å². The molecule has 0 aliphatic rings. The zero-order chi connectivity index (χ0) is 18.9. The highest BCUT2D eigenvalue weighted by Gasteiger charge is 2.23. The summed E-state index contributed by atoms with van der Waals surface area (Å²) in [5.74, 6) is -0.0751. The molecule has 1 amide bonds. The largest absolute Gasteiger partial charge is 0.489 e. The van der Waals surface area contributed by atoms with E-state index in [1.807, 2.05) is 37.3 Å². The van der Waals surface area contributed by atoms with E-state index in [0.717, 1.165) is 5.56 Å². The van der Waals surface area contributed by atoms with Gasteiger partial charge in [0.1, 0.15) is 12.4 Å². The minimum Gasteiger partial charge on any atom is -0.489 e. The van der Waals surface area contributed by atoms with Crippen LogP contribution >= 0.6 is 11.6 Å². The van der Waals surface area contributed by atoms with Crippen LogP contribution in [0.5, 0.6) is 5.75 Å². The molecule has 0 heterocycles. The molecule has 2 rings (SSSR count). The molecule has 0 spiro atoms. The second-order valence-corrected chi connectivity index (χ2v) is 6.34. The Morgan fingerprint density at radius 1 is 1.19 bits per heavy atom. The van der Waals surface area contributed by atoms with Crippen LogP contribution in [-0.4, -0.2) is 25.7 Å². The smallest absolute Gasteiger partial charge is 0.229 e. The predicted molar refractivity (Wildman–Crippen MR) is 105 cm³/mol. The van der Waals surface area contributed by atoms with E-state index in [9.17, 15) is 4.79 Å². The van der Waals surface area contributed by atoms with Gasteiger partial charge < -0.3 is 20.5 Å². The number of carbonyl (C=O) groups excluding carboxylic acids is 1. The number of rotatable bonds is 9. The van der Waals surface area contributed by atoms with Crippen LogP contribution in [0.1, 0.15) is 25.5 Å². The van der Waals surface area contributed by atoms with Crippen molar-refractivity contribution < 1.29 is 14.3 Å². The maximum absolute atomic E-state index is 12.7. The first-order valence-electron chi connectivity index (χ1n) is 8.64. The van der Waals surface area contributed by atoms with E-state index in [1.54, 1.807) is 25.1 Å². The molecule has 140 valence electrons. The molecule has 2 atom stereocenters. The van der Waals surface area contributed by atoms with Crippen LogP contribution in [0.4, 0.5) is 5.69 Å². The molecule has 0 aromatic heterocycles. The highest BCUT2D eigenvalue weighted by molar-refractivity contribution is 6.31. The van der Waals surface area contributed by atoms with Gasteiger partial charge in [0.05, 0.1) is 18.2 Å². The standard InChI is InChI=1S/C20H25ClN2O3/c1-3-25-11-12-26-18-10-9-16(21)13-17(18)23-20(24)14(2)19(22)15-7-5-4-6-8-15/h4-10,13-14,19H,3,11-12,22H2,1-2H3,(H,23,24). The van der Waals surface area contributed by atoms with Gasteiger partial charge in [0.2, 0.25) is 5.91 Å². The molecule has 6 heteroatoms. The van der Waals surface area contributed by atoms with Crippen LogP contribution < -0.4 is 15.8 Å². The van der Waals surface area contributed by atoms with E-state index < -0.39 is 12.0 Å². The first-order valence-corrected chi connectivity index (χ1v) is 9.02. The van der Waals surface area contributed by atoms with Gasteiger partial charge in [0, 0.05) is 17.7 Å². The summed E-state index contributed by atoms with van der Waals surface area (Å²) in [4.78, 5) is 12.7. The molecule has 2 unspecified atom stereocenters. The SMILES string of the molecule is CCOCCOc1ccc(Cl)cc1NC(=O)C(C)C(N)c1ccccc1. The van der Waals surface area contributed by atoms with Crippen molar-refractivity contribution in [1.29, 1.82) is 0 Å². The molecule has 0 fully saturated rings. The van der Waals surface area contributed by atoms with Crippen molar-refractivity contribution in [2.75, 3.05) is 25.1 Å². The summed E-state index contributed by atoms with van der Waals surface area (Å²) in [7, 11) is 0. The average molecular weight is 377 g/mol. The molecule has 2 aromatic carbocycles. The van der Waals surface area contributed by atoms with E-state index in [1.165, 1.54) is 0 Å². The lowest BCUT2D eigenvalue weighted by Crippen LogP contribution is -2.30. The summed E-state index contributed by atoms with van der Waals surface area (Å²) in [5.41, 5.74) is 7.67. The Labute approximate surface area is 159 Å². The molecule has 3 N–H and O–H groups in total. The van der Waals surface area contributed by atoms with E-state index in [-0.39, 0.29) is 5.91 Å². The normalized spacial score (nSPS) is 13.1. The van der Waals surface area contributed by atoms with Gasteiger partial charge in [-0.3, -0.25) is 4.79 Å². The molecule has 0 radical (unpaired) electrons. The molecule has 0 bridgehead atoms. The maximum Gasteiger partial charge on any atom is 0.229 e. The number of ether oxygens (including phenoxy) is 2. The maximum atomic E-state index is 12.7. The fourth-order valence-electron chi connectivity index (χ4n) is 2.45. The monoisotopic (exact) mass is 376 g/mol. The molecular weight excluding hydrogens is 352 g/mol. The van der Waals surface area contributed by atoms with Crippen LogP contribution in [0.15, 0.2) is 48.5 Å². The van der Waals surface area contributed by atoms with Gasteiger partial charge in [-0.05, 0) is 30.7 Å². The van der Waals surface area contributed by atoms with Crippen molar-refractivity contribution in [3.8, 4) is 5.75 Å². The molecule has 0 aliphatic heterocycles. The summed E-state index contributed by atoms with van der Waals surface area (Å²) in [6.45, 7) is 5.21. The average Bonchev–Trinajstić information content (AvgIpc) is 2.66. The fraction of sp³-hybridized carbons (Fsp3) is 0.350. The lowest BCUT2D eigenvalue weighted by Gasteiger charge is -2.21. The molecule has 0 aliphatic carbocycles. The Morgan fingerprint density at radius 2 is 1.92 bits per heavy atom. The topological polar surface area (TPSA) is 73.6 Å². The summed E-state index contributed by atoms with van der Waals surface area (Å²) < 4.78 is 11.0. The molecule has 5 nitrogen and oxygen atoms in total. The zero-order valence-corrected chi connectivity index (χ0v) is 15.8. The number of carbonyl (C=O) groups is 1. The Hall–Kier alpha value is -2.08. The van der Waals surface area contributed by atoms with Crippen molar-refractivity contribution in [3.63, 3.8) is 0 Å². The van der Waals surface area contributed by atoms with Crippen molar-refractivity contribution in [2.24, 2.45) is 11.7 Å². The van der Waals surface area contributed by atoms with Gasteiger partial charge in [-0.15, -0.1) is 0 Å². The molecular formula is C20H25ClN2O3. The van der Waals surface area contributed by atoms with Crippen molar-refractivity contribution in [2.45, 2.75) is 19.9 Å². The fourth-order valence-corrected chi connectivity index (χ4v) is 2.63. The van der Waals surface area contributed by atoms with E-state index in [4.69, 9.17) is 26.8 Å². The number of halogens is 1. The summed E-state index contributed by atoms with van der Waals surface area (Å²) in [6, 6.07) is 14.2. The molecule has 26 heavy (non-hydrogen) atoms. The van der Waals surface area contributed by atoms with Crippen molar-refractivity contribution >= 4 is 23.2 Å². The van der Waals surface area contributed by atoms with Crippen LogP contribution in [-0.2, 0) is 9.53 Å². The van der Waals surface area contributed by atoms with Crippen molar-refractivity contribution in [3.05, 3.63) is 59.1 Å². The number of amides is 1. The summed E-state index contributed by atoms with van der Waals surface area (Å²) in [6.07, 6.45) is 0. The van der Waals surface area contributed by atoms with Gasteiger partial charge in [0.25, 0.3) is 0 Å². The second-order valence-electron chi connectivity index (χ2n) is 5.90. The van der Waals surface area contributed by atoms with Gasteiger partial charge in [0.15, 0.2) is 0 Å². The van der Waals surface area contributed by atoms with Gasteiger partial charge in [-0.1, -0.05) is 48.9 Å². The minimum absolute atomic E-state index is 0.196. The van der Waals surface area contributed by atoms with Crippen LogP contribution in [0, 0.1) is 5.92 Å². The third-order valence-electron chi connectivity index (χ3n) is 4.03. The zero-order valence-electron chi connectivity index (χ0n) is 15.1. The second kappa shape index (κ2) is 10.2. The van der Waals surface area contributed by atoms with Crippen LogP contribution in [0.3, 0.4) is 0 Å². The van der Waals surface area contributed by atoms with E-state index >= 15 is 0 Å². The molecule has 0 saturated heterocycles. The summed E-state index contributed by atoms with van der Waals surface area (Å²) >= 11 is 6.07. The molecule has 2 aromatic rings. The predicted octanol–water partition coefficient (Wildman–Crippen LogP) is 4.03. The summed E-state index contributed by atoms with van der Waals surface area (Å²) in [5, 5.41) is 3.39. The van der Waals surface area contributed by atoms with Crippen LogP contribution in [0.25, 0.3) is 0 Å². The van der Waals surface area contributed by atoms with Crippen molar-refractivity contribution in [1.82, 2.24) is 0 Å². The van der Waals surface area contributed by atoms with Gasteiger partial charge >= 0.3 is 0 Å². The lowest BCUT2D eigenvalue weighted by molar-refractivity contribution is -0.120. The Balaban J connectivity index is 2.06. The Bertz CT molecular complexity index is 709. The first kappa shape index (κ1) is 20.2. The highest BCUT2D eigenvalue weighted by atomic mass is 35.5. The Morgan fingerprint density at radius 3 is 2.62 bits per heavy atom. The number of anilines is 1. The number of hydrogen-bond acceptors (Lipinski definition) is 4. The van der Waals surface area contributed by atoms with Gasteiger partial charge in [-0.2, -0.15) is 0 Å². The first-order chi connectivity index (χ1) is 12.5. The quantitative estimate of drug-likeness (QED) is 0.648. The number of nitrogens with two attached hydrogens (primary N) is 1. The number of benzene rings is 2. The van der Waals surface area contributed by atoms with E-state index in [2.05, 4.69) is 5.32 Å². The molecule has 0 saturated carbocycles. The lowest BCUT2D eigenvalue weighted by atomic mass is 9.94. The van der Waals surface area contributed by atoms with E-state index in [0.29, 0.717) is 36.3 Å². The third kappa shape index (κ3) is 5.73. The Kier molecular flexibility index (Phi) is 7.91. The third-order valence-corrected chi connectivity index (χ3v) is 4.26. The number of nitrogens with one attached hydrogen (secondary N) is 1. The minimum atomic E-state index is -0.423. The highest BCUT2D eigenvalue weighted by Crippen LogP contribution is 2.29.